The average molecular weight is 282 g/mol. The summed E-state index contributed by atoms with van der Waals surface area (Å²) in [4.78, 5) is 8.17. The Balaban J connectivity index is 2.18. The molecule has 0 aliphatic heterocycles. The van der Waals surface area contributed by atoms with E-state index >= 15 is 0 Å². The van der Waals surface area contributed by atoms with Crippen molar-refractivity contribution in [3.05, 3.63) is 58.1 Å². The Morgan fingerprint density at radius 1 is 1.22 bits per heavy atom. The van der Waals surface area contributed by atoms with Gasteiger partial charge >= 0.3 is 0 Å². The van der Waals surface area contributed by atoms with Gasteiger partial charge in [-0.25, -0.2) is 9.97 Å². The summed E-state index contributed by atoms with van der Waals surface area (Å²) in [6.07, 6.45) is 4.08. The van der Waals surface area contributed by atoms with Gasteiger partial charge in [-0.1, -0.05) is 29.3 Å². The van der Waals surface area contributed by atoms with Crippen molar-refractivity contribution < 1.29 is 0 Å². The molecule has 0 amide bonds. The Hall–Kier alpha value is -1.16. The zero-order valence-corrected chi connectivity index (χ0v) is 11.4. The summed E-state index contributed by atoms with van der Waals surface area (Å²) >= 11 is 11.9. The second-order valence-corrected chi connectivity index (χ2v) is 4.74. The summed E-state index contributed by atoms with van der Waals surface area (Å²) in [5.41, 5.74) is 2.07. The van der Waals surface area contributed by atoms with Crippen LogP contribution in [0.5, 0.6) is 0 Å². The summed E-state index contributed by atoms with van der Waals surface area (Å²) in [7, 11) is 1.91. The molecule has 0 radical (unpaired) electrons. The van der Waals surface area contributed by atoms with E-state index < -0.39 is 0 Å². The van der Waals surface area contributed by atoms with Crippen LogP contribution in [-0.4, -0.2) is 17.0 Å². The first-order chi connectivity index (χ1) is 8.70. The molecule has 0 bridgehead atoms. The molecule has 1 unspecified atom stereocenters. The standard InChI is InChI=1S/C13H13Cl2N3/c1-16-13(12-4-5-17-8-18-12)7-9-2-3-10(14)11(15)6-9/h2-6,8,13,16H,7H2,1H3. The lowest BCUT2D eigenvalue weighted by Crippen LogP contribution is -2.20. The summed E-state index contributed by atoms with van der Waals surface area (Å²) in [5.74, 6) is 0. The molecule has 0 aliphatic carbocycles. The molecule has 1 atom stereocenters. The van der Waals surface area contributed by atoms with Crippen molar-refractivity contribution in [3.63, 3.8) is 0 Å². The Morgan fingerprint density at radius 3 is 2.67 bits per heavy atom. The molecule has 1 heterocycles. The molecule has 18 heavy (non-hydrogen) atoms. The molecule has 2 rings (SSSR count). The Kier molecular flexibility index (Phi) is 4.53. The zero-order chi connectivity index (χ0) is 13.0. The number of benzene rings is 1. The van der Waals surface area contributed by atoms with E-state index in [-0.39, 0.29) is 6.04 Å². The largest absolute Gasteiger partial charge is 0.311 e. The minimum absolute atomic E-state index is 0.130. The van der Waals surface area contributed by atoms with Crippen LogP contribution in [0.1, 0.15) is 17.3 Å². The van der Waals surface area contributed by atoms with E-state index in [1.54, 1.807) is 12.5 Å². The maximum absolute atomic E-state index is 6.01. The highest BCUT2D eigenvalue weighted by Gasteiger charge is 2.12. The minimum atomic E-state index is 0.130. The molecule has 2 aromatic rings. The molecular formula is C13H13Cl2N3. The summed E-state index contributed by atoms with van der Waals surface area (Å²) in [5, 5.41) is 4.38. The van der Waals surface area contributed by atoms with Crippen molar-refractivity contribution in [3.8, 4) is 0 Å². The predicted octanol–water partition coefficient (Wildman–Crippen LogP) is 3.29. The SMILES string of the molecule is CNC(Cc1ccc(Cl)c(Cl)c1)c1ccncn1. The van der Waals surface area contributed by atoms with Gasteiger partial charge in [0.05, 0.1) is 21.8 Å². The first kappa shape index (κ1) is 13.3. The molecule has 0 fully saturated rings. The quantitative estimate of drug-likeness (QED) is 0.935. The van der Waals surface area contributed by atoms with E-state index in [1.807, 2.05) is 31.3 Å². The molecule has 0 aliphatic rings. The zero-order valence-electron chi connectivity index (χ0n) is 9.90. The van der Waals surface area contributed by atoms with Crippen LogP contribution in [0.4, 0.5) is 0 Å². The lowest BCUT2D eigenvalue weighted by molar-refractivity contribution is 0.574. The third-order valence-corrected chi connectivity index (χ3v) is 3.47. The number of nitrogens with zero attached hydrogens (tertiary/aromatic N) is 2. The highest BCUT2D eigenvalue weighted by molar-refractivity contribution is 6.42. The van der Waals surface area contributed by atoms with Crippen molar-refractivity contribution in [2.24, 2.45) is 0 Å². The molecule has 1 N–H and O–H groups in total. The van der Waals surface area contributed by atoms with Crippen LogP contribution >= 0.6 is 23.2 Å². The monoisotopic (exact) mass is 281 g/mol. The third-order valence-electron chi connectivity index (χ3n) is 2.73. The summed E-state index contributed by atoms with van der Waals surface area (Å²) in [6, 6.07) is 7.70. The number of rotatable bonds is 4. The van der Waals surface area contributed by atoms with Gasteiger partial charge in [0, 0.05) is 6.20 Å². The second kappa shape index (κ2) is 6.14. The van der Waals surface area contributed by atoms with Crippen molar-refractivity contribution in [2.45, 2.75) is 12.5 Å². The van der Waals surface area contributed by atoms with E-state index in [2.05, 4.69) is 15.3 Å². The van der Waals surface area contributed by atoms with Crippen molar-refractivity contribution in [1.29, 1.82) is 0 Å². The Morgan fingerprint density at radius 2 is 2.06 bits per heavy atom. The molecule has 5 heteroatoms. The number of hydrogen-bond donors (Lipinski definition) is 1. The third kappa shape index (κ3) is 3.19. The number of halogens is 2. The smallest absolute Gasteiger partial charge is 0.115 e. The molecule has 1 aromatic heterocycles. The van der Waals surface area contributed by atoms with Gasteiger partial charge in [0.1, 0.15) is 6.33 Å². The van der Waals surface area contributed by atoms with E-state index in [0.29, 0.717) is 10.0 Å². The van der Waals surface area contributed by atoms with Crippen molar-refractivity contribution in [1.82, 2.24) is 15.3 Å². The number of likely N-dealkylation sites (N-methyl/N-ethyl adjacent to an activating group) is 1. The molecule has 1 aromatic carbocycles. The second-order valence-electron chi connectivity index (χ2n) is 3.93. The van der Waals surface area contributed by atoms with Gasteiger partial charge in [0.25, 0.3) is 0 Å². The highest BCUT2D eigenvalue weighted by atomic mass is 35.5. The fraction of sp³-hybridized carbons (Fsp3) is 0.231. The molecular weight excluding hydrogens is 269 g/mol. The fourth-order valence-corrected chi connectivity index (χ4v) is 2.08. The lowest BCUT2D eigenvalue weighted by Gasteiger charge is -2.15. The first-order valence-electron chi connectivity index (χ1n) is 5.58. The van der Waals surface area contributed by atoms with Crippen molar-refractivity contribution >= 4 is 23.2 Å². The van der Waals surface area contributed by atoms with E-state index in [0.717, 1.165) is 17.7 Å². The summed E-state index contributed by atoms with van der Waals surface area (Å²) in [6.45, 7) is 0. The predicted molar refractivity (Wildman–Crippen MR) is 74.0 cm³/mol. The van der Waals surface area contributed by atoms with Gasteiger partial charge in [-0.05, 0) is 37.2 Å². The number of hydrogen-bond acceptors (Lipinski definition) is 3. The van der Waals surface area contributed by atoms with Gasteiger partial charge in [-0.15, -0.1) is 0 Å². The maximum atomic E-state index is 6.01. The fourth-order valence-electron chi connectivity index (χ4n) is 1.76. The van der Waals surface area contributed by atoms with Gasteiger partial charge in [0.2, 0.25) is 0 Å². The molecule has 0 saturated heterocycles. The van der Waals surface area contributed by atoms with Gasteiger partial charge in [-0.3, -0.25) is 0 Å². The lowest BCUT2D eigenvalue weighted by atomic mass is 10.0. The van der Waals surface area contributed by atoms with E-state index in [4.69, 9.17) is 23.2 Å². The molecule has 0 saturated carbocycles. The molecule has 0 spiro atoms. The van der Waals surface area contributed by atoms with Crippen LogP contribution in [0, 0.1) is 0 Å². The van der Waals surface area contributed by atoms with E-state index in [9.17, 15) is 0 Å². The molecule has 94 valence electrons. The average Bonchev–Trinajstić information content (AvgIpc) is 2.41. The van der Waals surface area contributed by atoms with Crippen LogP contribution in [-0.2, 0) is 6.42 Å². The Labute approximate surface area is 116 Å². The molecule has 3 nitrogen and oxygen atoms in total. The topological polar surface area (TPSA) is 37.8 Å². The Bertz CT molecular complexity index is 517. The van der Waals surface area contributed by atoms with E-state index in [1.165, 1.54) is 0 Å². The normalized spacial score (nSPS) is 12.4. The van der Waals surface area contributed by atoms with Crippen molar-refractivity contribution in [2.75, 3.05) is 7.05 Å². The van der Waals surface area contributed by atoms with Gasteiger partial charge < -0.3 is 5.32 Å². The summed E-state index contributed by atoms with van der Waals surface area (Å²) < 4.78 is 0. The van der Waals surface area contributed by atoms with Crippen LogP contribution in [0.3, 0.4) is 0 Å². The van der Waals surface area contributed by atoms with Crippen LogP contribution < -0.4 is 5.32 Å². The van der Waals surface area contributed by atoms with Crippen LogP contribution in [0.15, 0.2) is 36.8 Å². The number of nitrogens with one attached hydrogen (secondary N) is 1. The highest BCUT2D eigenvalue weighted by Crippen LogP contribution is 2.25. The number of aromatic nitrogens is 2. The maximum Gasteiger partial charge on any atom is 0.115 e. The van der Waals surface area contributed by atoms with Crippen LogP contribution in [0.2, 0.25) is 10.0 Å². The van der Waals surface area contributed by atoms with Gasteiger partial charge in [-0.2, -0.15) is 0 Å². The minimum Gasteiger partial charge on any atom is -0.311 e. The first-order valence-corrected chi connectivity index (χ1v) is 6.33. The van der Waals surface area contributed by atoms with Crippen LogP contribution in [0.25, 0.3) is 0 Å². The van der Waals surface area contributed by atoms with Gasteiger partial charge in [0.15, 0.2) is 0 Å².